The third-order valence-electron chi connectivity index (χ3n) is 2.30. The van der Waals surface area contributed by atoms with Gasteiger partial charge in [0, 0.05) is 10.2 Å². The molecule has 0 spiro atoms. The minimum atomic E-state index is -0.457. The van der Waals surface area contributed by atoms with E-state index in [9.17, 15) is 4.79 Å². The lowest BCUT2D eigenvalue weighted by molar-refractivity contribution is 0.155. The highest BCUT2D eigenvalue weighted by Gasteiger charge is 2.03. The van der Waals surface area contributed by atoms with Crippen LogP contribution in [0, 0.1) is 0 Å². The van der Waals surface area contributed by atoms with Gasteiger partial charge < -0.3 is 4.74 Å². The maximum Gasteiger partial charge on any atom is 0.411 e. The van der Waals surface area contributed by atoms with E-state index in [4.69, 9.17) is 4.74 Å². The van der Waals surface area contributed by atoms with Gasteiger partial charge in [0.25, 0.3) is 0 Å². The molecule has 2 rings (SSSR count). The van der Waals surface area contributed by atoms with Gasteiger partial charge in [-0.3, -0.25) is 5.32 Å². The van der Waals surface area contributed by atoms with E-state index in [0.29, 0.717) is 5.69 Å². The standard InChI is InChI=1S/C14H12BrNO2.C2H6/c15-12-6-8-13(9-7-12)16-14(17)18-10-11-4-2-1-3-5-11;1-2/h1-9H,10H2,(H,16,17);1-2H3. The molecule has 0 fully saturated rings. The van der Waals surface area contributed by atoms with E-state index < -0.39 is 6.09 Å². The Labute approximate surface area is 128 Å². The summed E-state index contributed by atoms with van der Waals surface area (Å²) in [4.78, 5) is 11.5. The van der Waals surface area contributed by atoms with E-state index in [0.717, 1.165) is 10.0 Å². The summed E-state index contributed by atoms with van der Waals surface area (Å²) in [5, 5.41) is 2.66. The molecule has 0 heterocycles. The number of benzene rings is 2. The number of anilines is 1. The fourth-order valence-corrected chi connectivity index (χ4v) is 1.67. The lowest BCUT2D eigenvalue weighted by Crippen LogP contribution is -2.13. The van der Waals surface area contributed by atoms with Crippen molar-refractivity contribution in [1.29, 1.82) is 0 Å². The van der Waals surface area contributed by atoms with Crippen LogP contribution in [0.2, 0.25) is 0 Å². The molecular weight excluding hydrogens is 318 g/mol. The molecule has 0 saturated heterocycles. The molecule has 0 aliphatic heterocycles. The van der Waals surface area contributed by atoms with Gasteiger partial charge in [-0.2, -0.15) is 0 Å². The number of amides is 1. The molecule has 1 amide bonds. The van der Waals surface area contributed by atoms with Crippen LogP contribution in [0.1, 0.15) is 19.4 Å². The van der Waals surface area contributed by atoms with E-state index in [1.54, 1.807) is 12.1 Å². The molecule has 0 radical (unpaired) electrons. The van der Waals surface area contributed by atoms with Crippen LogP contribution in [-0.4, -0.2) is 6.09 Å². The topological polar surface area (TPSA) is 38.3 Å². The van der Waals surface area contributed by atoms with Gasteiger partial charge >= 0.3 is 6.09 Å². The second-order valence-electron chi connectivity index (χ2n) is 3.69. The van der Waals surface area contributed by atoms with Gasteiger partial charge in [-0.05, 0) is 29.8 Å². The van der Waals surface area contributed by atoms with Crippen molar-refractivity contribution < 1.29 is 9.53 Å². The maximum atomic E-state index is 11.5. The maximum absolute atomic E-state index is 11.5. The SMILES string of the molecule is CC.O=C(Nc1ccc(Br)cc1)OCc1ccccc1. The molecule has 0 unspecified atom stereocenters. The van der Waals surface area contributed by atoms with Crippen molar-refractivity contribution >= 4 is 27.7 Å². The monoisotopic (exact) mass is 335 g/mol. The molecular formula is C16H18BrNO2. The van der Waals surface area contributed by atoms with Gasteiger partial charge in [-0.25, -0.2) is 4.79 Å². The van der Waals surface area contributed by atoms with Crippen molar-refractivity contribution in [2.24, 2.45) is 0 Å². The first-order valence-electron chi connectivity index (χ1n) is 6.47. The molecule has 0 atom stereocenters. The Morgan fingerprint density at radius 1 is 1.05 bits per heavy atom. The number of carbonyl (C=O) groups excluding carboxylic acids is 1. The number of rotatable bonds is 3. The highest BCUT2D eigenvalue weighted by atomic mass is 79.9. The Morgan fingerprint density at radius 2 is 1.65 bits per heavy atom. The molecule has 106 valence electrons. The molecule has 20 heavy (non-hydrogen) atoms. The number of ether oxygens (including phenoxy) is 1. The quantitative estimate of drug-likeness (QED) is 0.834. The Bertz CT molecular complexity index is 512. The number of hydrogen-bond acceptors (Lipinski definition) is 2. The van der Waals surface area contributed by atoms with Gasteiger partial charge in [0.05, 0.1) is 0 Å². The molecule has 1 N–H and O–H groups in total. The predicted octanol–water partition coefficient (Wildman–Crippen LogP) is 5.22. The summed E-state index contributed by atoms with van der Waals surface area (Å²) in [6, 6.07) is 16.9. The third kappa shape index (κ3) is 5.89. The van der Waals surface area contributed by atoms with E-state index >= 15 is 0 Å². The zero-order chi connectivity index (χ0) is 14.8. The highest BCUT2D eigenvalue weighted by molar-refractivity contribution is 9.10. The van der Waals surface area contributed by atoms with Gasteiger partial charge in [0.2, 0.25) is 0 Å². The first-order valence-corrected chi connectivity index (χ1v) is 7.26. The molecule has 4 heteroatoms. The zero-order valence-corrected chi connectivity index (χ0v) is 13.2. The average Bonchev–Trinajstić information content (AvgIpc) is 2.51. The number of nitrogens with one attached hydrogen (secondary N) is 1. The Kier molecular flexibility index (Phi) is 7.43. The predicted molar refractivity (Wildman–Crippen MR) is 85.7 cm³/mol. The van der Waals surface area contributed by atoms with Gasteiger partial charge in [-0.1, -0.05) is 60.1 Å². The van der Waals surface area contributed by atoms with Crippen molar-refractivity contribution in [3.8, 4) is 0 Å². The first kappa shape index (κ1) is 16.2. The second kappa shape index (κ2) is 9.15. The lowest BCUT2D eigenvalue weighted by atomic mass is 10.2. The largest absolute Gasteiger partial charge is 0.444 e. The second-order valence-corrected chi connectivity index (χ2v) is 4.61. The molecule has 2 aromatic carbocycles. The van der Waals surface area contributed by atoms with E-state index in [-0.39, 0.29) is 6.61 Å². The fraction of sp³-hybridized carbons (Fsp3) is 0.188. The summed E-state index contributed by atoms with van der Waals surface area (Å²) in [6.45, 7) is 4.27. The Balaban J connectivity index is 0.000000956. The summed E-state index contributed by atoms with van der Waals surface area (Å²) in [5.41, 5.74) is 1.67. The normalized spacial score (nSPS) is 9.15. The molecule has 0 bridgehead atoms. The average molecular weight is 336 g/mol. The van der Waals surface area contributed by atoms with Crippen molar-refractivity contribution in [3.63, 3.8) is 0 Å². The minimum Gasteiger partial charge on any atom is -0.444 e. The third-order valence-corrected chi connectivity index (χ3v) is 2.83. The summed E-state index contributed by atoms with van der Waals surface area (Å²) in [7, 11) is 0. The number of halogens is 1. The smallest absolute Gasteiger partial charge is 0.411 e. The highest BCUT2D eigenvalue weighted by Crippen LogP contribution is 2.14. The van der Waals surface area contributed by atoms with Gasteiger partial charge in [-0.15, -0.1) is 0 Å². The molecule has 0 saturated carbocycles. The van der Waals surface area contributed by atoms with Crippen LogP contribution < -0.4 is 5.32 Å². The van der Waals surface area contributed by atoms with Crippen molar-refractivity contribution in [3.05, 3.63) is 64.6 Å². The van der Waals surface area contributed by atoms with Crippen molar-refractivity contribution in [2.75, 3.05) is 5.32 Å². The van der Waals surface area contributed by atoms with E-state index in [1.165, 1.54) is 0 Å². The Hall–Kier alpha value is -1.81. The number of hydrogen-bond donors (Lipinski definition) is 1. The first-order chi connectivity index (χ1) is 9.74. The van der Waals surface area contributed by atoms with E-state index in [2.05, 4.69) is 21.2 Å². The van der Waals surface area contributed by atoms with Crippen LogP contribution in [0.4, 0.5) is 10.5 Å². The van der Waals surface area contributed by atoms with Crippen molar-refractivity contribution in [2.45, 2.75) is 20.5 Å². The van der Waals surface area contributed by atoms with Crippen LogP contribution in [0.25, 0.3) is 0 Å². The van der Waals surface area contributed by atoms with Crippen LogP contribution in [0.5, 0.6) is 0 Å². The minimum absolute atomic E-state index is 0.267. The van der Waals surface area contributed by atoms with E-state index in [1.807, 2.05) is 56.3 Å². The summed E-state index contributed by atoms with van der Waals surface area (Å²) in [6.07, 6.45) is -0.457. The molecule has 2 aromatic rings. The molecule has 0 aliphatic rings. The fourth-order valence-electron chi connectivity index (χ4n) is 1.41. The molecule has 3 nitrogen and oxygen atoms in total. The summed E-state index contributed by atoms with van der Waals surface area (Å²) >= 11 is 3.33. The number of carbonyl (C=O) groups is 1. The van der Waals surface area contributed by atoms with Crippen LogP contribution in [0.15, 0.2) is 59.1 Å². The van der Waals surface area contributed by atoms with Crippen LogP contribution in [0.3, 0.4) is 0 Å². The van der Waals surface area contributed by atoms with Crippen LogP contribution in [-0.2, 0) is 11.3 Å². The van der Waals surface area contributed by atoms with Gasteiger partial charge in [0.1, 0.15) is 6.61 Å². The zero-order valence-electron chi connectivity index (χ0n) is 11.6. The molecule has 0 aromatic heterocycles. The lowest BCUT2D eigenvalue weighted by Gasteiger charge is -2.07. The van der Waals surface area contributed by atoms with Crippen LogP contribution >= 0.6 is 15.9 Å². The summed E-state index contributed by atoms with van der Waals surface area (Å²) in [5.74, 6) is 0. The Morgan fingerprint density at radius 3 is 2.25 bits per heavy atom. The summed E-state index contributed by atoms with van der Waals surface area (Å²) < 4.78 is 6.06. The molecule has 0 aliphatic carbocycles. The van der Waals surface area contributed by atoms with Crippen molar-refractivity contribution in [1.82, 2.24) is 0 Å². The van der Waals surface area contributed by atoms with Gasteiger partial charge in [0.15, 0.2) is 0 Å².